The van der Waals surface area contributed by atoms with Crippen LogP contribution in [0.3, 0.4) is 0 Å². The van der Waals surface area contributed by atoms with E-state index in [1.165, 1.54) is 12.0 Å². The summed E-state index contributed by atoms with van der Waals surface area (Å²) in [7, 11) is 3.33. The highest BCUT2D eigenvalue weighted by atomic mass is 32.2. The fraction of sp³-hybridized carbons (Fsp3) is 0.481. The van der Waals surface area contributed by atoms with E-state index in [0.29, 0.717) is 36.4 Å². The first-order chi connectivity index (χ1) is 17.9. The Morgan fingerprint density at radius 2 is 1.82 bits per heavy atom. The van der Waals surface area contributed by atoms with Gasteiger partial charge in [0.05, 0.1) is 25.1 Å². The first kappa shape index (κ1) is 29.4. The smallest absolute Gasteiger partial charge is 0.244 e. The van der Waals surface area contributed by atoms with Crippen LogP contribution in [-0.2, 0) is 32.6 Å². The van der Waals surface area contributed by atoms with Gasteiger partial charge >= 0.3 is 0 Å². The second-order valence-electron chi connectivity index (χ2n) is 9.80. The summed E-state index contributed by atoms with van der Waals surface area (Å²) in [6, 6.07) is 9.18. The Morgan fingerprint density at radius 3 is 2.47 bits per heavy atom. The molecule has 1 aliphatic rings. The number of carbonyl (C=O) groups is 2. The Labute approximate surface area is 225 Å². The van der Waals surface area contributed by atoms with Gasteiger partial charge in [-0.25, -0.2) is 8.42 Å². The Morgan fingerprint density at radius 1 is 1.08 bits per heavy atom. The van der Waals surface area contributed by atoms with Crippen molar-refractivity contribution in [1.82, 2.24) is 19.4 Å². The number of nitrogens with zero attached hydrogens (tertiary/aromatic N) is 3. The van der Waals surface area contributed by atoms with Gasteiger partial charge in [0, 0.05) is 26.7 Å². The van der Waals surface area contributed by atoms with Crippen LogP contribution in [0.2, 0.25) is 0 Å². The van der Waals surface area contributed by atoms with Gasteiger partial charge in [-0.1, -0.05) is 12.1 Å². The summed E-state index contributed by atoms with van der Waals surface area (Å²) in [6.45, 7) is 5.05. The fourth-order valence-electron chi connectivity index (χ4n) is 4.34. The van der Waals surface area contributed by atoms with E-state index in [1.807, 2.05) is 44.1 Å². The van der Waals surface area contributed by atoms with E-state index in [-0.39, 0.29) is 30.4 Å². The van der Waals surface area contributed by atoms with E-state index in [9.17, 15) is 18.0 Å². The number of amides is 2. The number of rotatable bonds is 11. The number of likely N-dealkylation sites (N-methyl/N-ethyl adjacent to an activating group) is 2. The van der Waals surface area contributed by atoms with E-state index in [4.69, 9.17) is 9.47 Å². The molecule has 0 saturated carbocycles. The maximum atomic E-state index is 13.2. The van der Waals surface area contributed by atoms with Crippen LogP contribution in [0.5, 0.6) is 11.5 Å². The number of ether oxygens (including phenoxy) is 2. The third-order valence-corrected chi connectivity index (χ3v) is 8.52. The molecule has 0 radical (unpaired) electrons. The molecule has 1 N–H and O–H groups in total. The number of methoxy groups -OCH3 is 1. The highest BCUT2D eigenvalue weighted by molar-refractivity contribution is 7.89. The average molecular weight is 547 g/mol. The Bertz CT molecular complexity index is 1280. The number of hydrogen-bond donors (Lipinski definition) is 1. The largest absolute Gasteiger partial charge is 0.497 e. The predicted octanol–water partition coefficient (Wildman–Crippen LogP) is 1.57. The van der Waals surface area contributed by atoms with Gasteiger partial charge in [0.2, 0.25) is 21.8 Å². The molecule has 10 nitrogen and oxygen atoms in total. The summed E-state index contributed by atoms with van der Waals surface area (Å²) in [4.78, 5) is 29.0. The number of hydrogen-bond acceptors (Lipinski definition) is 7. The zero-order valence-electron chi connectivity index (χ0n) is 23.0. The molecule has 0 saturated heterocycles. The number of aryl methyl sites for hydroxylation is 2. The third-order valence-electron chi connectivity index (χ3n) is 6.43. The predicted molar refractivity (Wildman–Crippen MR) is 145 cm³/mol. The molecular weight excluding hydrogens is 508 g/mol. The standard InChI is InChI=1S/C27H38N4O6S/c1-19-13-21(7-8-24(19)37-12-11-29(3)4)17-30(5)26(33)16-28-25(32)18-31-10-9-22-15-23(36-6)14-20(2)27(22)38(31,34)35/h7-8,13-15H,9-12,16-18H2,1-6H3,(H,28,32). The molecule has 0 aliphatic carbocycles. The Balaban J connectivity index is 1.52. The van der Waals surface area contributed by atoms with Crippen molar-refractivity contribution in [3.8, 4) is 11.5 Å². The molecular formula is C27H38N4O6S. The monoisotopic (exact) mass is 546 g/mol. The number of carbonyl (C=O) groups excluding carboxylic acids is 2. The van der Waals surface area contributed by atoms with Gasteiger partial charge in [-0.15, -0.1) is 0 Å². The second-order valence-corrected chi connectivity index (χ2v) is 11.7. The van der Waals surface area contributed by atoms with Crippen molar-refractivity contribution in [2.75, 3.05) is 61.0 Å². The topological polar surface area (TPSA) is 108 Å². The van der Waals surface area contributed by atoms with Gasteiger partial charge in [0.15, 0.2) is 0 Å². The van der Waals surface area contributed by atoms with Crippen LogP contribution < -0.4 is 14.8 Å². The number of nitrogens with one attached hydrogen (secondary N) is 1. The van der Waals surface area contributed by atoms with Crippen LogP contribution in [0.15, 0.2) is 35.2 Å². The first-order valence-electron chi connectivity index (χ1n) is 12.5. The van der Waals surface area contributed by atoms with Gasteiger partial charge in [-0.2, -0.15) is 4.31 Å². The summed E-state index contributed by atoms with van der Waals surface area (Å²) < 4.78 is 38.6. The minimum atomic E-state index is -3.84. The molecule has 2 aromatic carbocycles. The van der Waals surface area contributed by atoms with Gasteiger partial charge in [-0.3, -0.25) is 9.59 Å². The van der Waals surface area contributed by atoms with Gasteiger partial charge in [0.25, 0.3) is 0 Å². The van der Waals surface area contributed by atoms with Crippen LogP contribution >= 0.6 is 0 Å². The lowest BCUT2D eigenvalue weighted by Gasteiger charge is -2.29. The summed E-state index contributed by atoms with van der Waals surface area (Å²) >= 11 is 0. The summed E-state index contributed by atoms with van der Waals surface area (Å²) in [6.07, 6.45) is 0.473. The van der Waals surface area contributed by atoms with E-state index in [1.54, 1.807) is 26.1 Å². The molecule has 0 fully saturated rings. The molecule has 208 valence electrons. The molecule has 0 bridgehead atoms. The normalized spacial score (nSPS) is 14.6. The van der Waals surface area contributed by atoms with Crippen molar-refractivity contribution < 1.29 is 27.5 Å². The van der Waals surface area contributed by atoms with Crippen molar-refractivity contribution in [2.45, 2.75) is 31.7 Å². The molecule has 2 amide bonds. The quantitative estimate of drug-likeness (QED) is 0.456. The summed E-state index contributed by atoms with van der Waals surface area (Å²) in [5.41, 5.74) is 3.17. The molecule has 2 aromatic rings. The maximum Gasteiger partial charge on any atom is 0.244 e. The molecule has 1 aliphatic heterocycles. The van der Waals surface area contributed by atoms with Crippen molar-refractivity contribution in [1.29, 1.82) is 0 Å². The van der Waals surface area contributed by atoms with E-state index < -0.39 is 15.9 Å². The summed E-state index contributed by atoms with van der Waals surface area (Å²) in [5, 5.41) is 2.56. The fourth-order valence-corrected chi connectivity index (χ4v) is 6.17. The lowest BCUT2D eigenvalue weighted by Crippen LogP contribution is -2.46. The molecule has 38 heavy (non-hydrogen) atoms. The zero-order valence-corrected chi connectivity index (χ0v) is 23.9. The van der Waals surface area contributed by atoms with E-state index in [2.05, 4.69) is 5.32 Å². The minimum absolute atomic E-state index is 0.178. The van der Waals surface area contributed by atoms with Crippen molar-refractivity contribution in [3.63, 3.8) is 0 Å². The molecule has 3 rings (SSSR count). The number of benzene rings is 2. The average Bonchev–Trinajstić information content (AvgIpc) is 2.84. The van der Waals surface area contributed by atoms with Crippen molar-refractivity contribution in [2.24, 2.45) is 0 Å². The van der Waals surface area contributed by atoms with Crippen molar-refractivity contribution >= 4 is 21.8 Å². The number of sulfonamides is 1. The van der Waals surface area contributed by atoms with Gasteiger partial charge < -0.3 is 24.6 Å². The summed E-state index contributed by atoms with van der Waals surface area (Å²) in [5.74, 6) is 0.600. The van der Waals surface area contributed by atoms with Gasteiger partial charge in [-0.05, 0) is 74.8 Å². The molecule has 0 spiro atoms. The molecule has 0 unspecified atom stereocenters. The van der Waals surface area contributed by atoms with E-state index >= 15 is 0 Å². The maximum absolute atomic E-state index is 13.2. The first-order valence-corrected chi connectivity index (χ1v) is 13.9. The third kappa shape index (κ3) is 7.24. The number of fused-ring (bicyclic) bond motifs is 1. The lowest BCUT2D eigenvalue weighted by atomic mass is 10.1. The zero-order chi connectivity index (χ0) is 28.0. The van der Waals surface area contributed by atoms with Crippen LogP contribution in [0.1, 0.15) is 22.3 Å². The molecule has 1 heterocycles. The molecule has 0 atom stereocenters. The van der Waals surface area contributed by atoms with Crippen molar-refractivity contribution in [3.05, 3.63) is 52.6 Å². The lowest BCUT2D eigenvalue weighted by molar-refractivity contribution is -0.132. The Kier molecular flexibility index (Phi) is 9.75. The Hall–Kier alpha value is -3.15. The SMILES string of the molecule is COc1cc(C)c2c(c1)CCN(CC(=O)NCC(=O)N(C)Cc1ccc(OCCN(C)C)c(C)c1)S2(=O)=O. The van der Waals surface area contributed by atoms with Crippen LogP contribution in [0.25, 0.3) is 0 Å². The minimum Gasteiger partial charge on any atom is -0.497 e. The highest BCUT2D eigenvalue weighted by Gasteiger charge is 2.34. The molecule has 11 heteroatoms. The van der Waals surface area contributed by atoms with Gasteiger partial charge in [0.1, 0.15) is 18.1 Å². The highest BCUT2D eigenvalue weighted by Crippen LogP contribution is 2.32. The van der Waals surface area contributed by atoms with Crippen LogP contribution in [0.4, 0.5) is 0 Å². The van der Waals surface area contributed by atoms with Crippen LogP contribution in [0, 0.1) is 13.8 Å². The second kappa shape index (κ2) is 12.6. The molecule has 0 aromatic heterocycles. The van der Waals surface area contributed by atoms with Crippen LogP contribution in [-0.4, -0.2) is 95.4 Å². The van der Waals surface area contributed by atoms with E-state index in [0.717, 1.165) is 27.7 Å².